The Labute approximate surface area is 145 Å². The van der Waals surface area contributed by atoms with Gasteiger partial charge in [-0.05, 0) is 52.4 Å². The van der Waals surface area contributed by atoms with Crippen molar-refractivity contribution in [2.24, 2.45) is 11.8 Å². The fourth-order valence-corrected chi connectivity index (χ4v) is 2.63. The Morgan fingerprint density at radius 1 is 0.875 bits per heavy atom. The van der Waals surface area contributed by atoms with Gasteiger partial charge in [-0.1, -0.05) is 36.5 Å². The molecule has 0 saturated carbocycles. The van der Waals surface area contributed by atoms with Crippen LogP contribution in [-0.4, -0.2) is 25.2 Å². The van der Waals surface area contributed by atoms with E-state index >= 15 is 0 Å². The second-order valence-electron chi connectivity index (χ2n) is 5.91. The zero-order valence-corrected chi connectivity index (χ0v) is 14.9. The van der Waals surface area contributed by atoms with Gasteiger partial charge in [0.1, 0.15) is 0 Å². The SMILES string of the molecule is C/C=C/CCCOC(=O)C1CC=CCC1C(=O)OCCC/C=C/C. The van der Waals surface area contributed by atoms with Crippen LogP contribution >= 0.6 is 0 Å². The van der Waals surface area contributed by atoms with Crippen LogP contribution in [0.2, 0.25) is 0 Å². The van der Waals surface area contributed by atoms with Gasteiger partial charge in [0, 0.05) is 0 Å². The fraction of sp³-hybridized carbons (Fsp3) is 0.600. The van der Waals surface area contributed by atoms with Gasteiger partial charge in [0.15, 0.2) is 0 Å². The van der Waals surface area contributed by atoms with Gasteiger partial charge in [-0.2, -0.15) is 0 Å². The zero-order chi connectivity index (χ0) is 17.6. The van der Waals surface area contributed by atoms with Crippen LogP contribution in [0.1, 0.15) is 52.4 Å². The largest absolute Gasteiger partial charge is 0.465 e. The molecular formula is C20H30O4. The summed E-state index contributed by atoms with van der Waals surface area (Å²) in [5, 5.41) is 0. The Balaban J connectivity index is 2.41. The number of carbonyl (C=O) groups excluding carboxylic acids is 2. The van der Waals surface area contributed by atoms with Crippen molar-refractivity contribution in [1.82, 2.24) is 0 Å². The molecule has 0 saturated heterocycles. The summed E-state index contributed by atoms with van der Waals surface area (Å²) in [7, 11) is 0. The lowest BCUT2D eigenvalue weighted by atomic mass is 9.83. The summed E-state index contributed by atoms with van der Waals surface area (Å²) >= 11 is 0. The van der Waals surface area contributed by atoms with Crippen molar-refractivity contribution in [2.75, 3.05) is 13.2 Å². The number of hydrogen-bond acceptors (Lipinski definition) is 4. The summed E-state index contributed by atoms with van der Waals surface area (Å²) in [4.78, 5) is 24.5. The average molecular weight is 334 g/mol. The Bertz CT molecular complexity index is 420. The van der Waals surface area contributed by atoms with E-state index in [1.54, 1.807) is 0 Å². The minimum absolute atomic E-state index is 0.282. The molecule has 24 heavy (non-hydrogen) atoms. The highest BCUT2D eigenvalue weighted by Crippen LogP contribution is 2.28. The van der Waals surface area contributed by atoms with E-state index in [0.29, 0.717) is 26.1 Å². The number of esters is 2. The third-order valence-corrected chi connectivity index (χ3v) is 4.03. The normalized spacial score (nSPS) is 20.6. The molecule has 4 heteroatoms. The topological polar surface area (TPSA) is 52.6 Å². The predicted octanol–water partition coefficient (Wildman–Crippen LogP) is 4.37. The Morgan fingerprint density at radius 3 is 1.67 bits per heavy atom. The van der Waals surface area contributed by atoms with Crippen LogP contribution in [-0.2, 0) is 19.1 Å². The molecular weight excluding hydrogens is 304 g/mol. The summed E-state index contributed by atoms with van der Waals surface area (Å²) in [5.74, 6) is -1.40. The maximum atomic E-state index is 12.3. The van der Waals surface area contributed by atoms with Gasteiger partial charge in [-0.15, -0.1) is 0 Å². The fourth-order valence-electron chi connectivity index (χ4n) is 2.63. The molecule has 0 fully saturated rings. The minimum Gasteiger partial charge on any atom is -0.465 e. The molecule has 134 valence electrons. The molecule has 0 N–H and O–H groups in total. The molecule has 2 atom stereocenters. The lowest BCUT2D eigenvalue weighted by Gasteiger charge is -2.25. The summed E-state index contributed by atoms with van der Waals surface area (Å²) < 4.78 is 10.7. The third-order valence-electron chi connectivity index (χ3n) is 4.03. The van der Waals surface area contributed by atoms with Crippen LogP contribution in [0.15, 0.2) is 36.5 Å². The highest BCUT2D eigenvalue weighted by atomic mass is 16.5. The van der Waals surface area contributed by atoms with Crippen molar-refractivity contribution in [3.05, 3.63) is 36.5 Å². The number of ether oxygens (including phenoxy) is 2. The van der Waals surface area contributed by atoms with Crippen LogP contribution in [0.3, 0.4) is 0 Å². The molecule has 0 heterocycles. The van der Waals surface area contributed by atoms with Crippen molar-refractivity contribution < 1.29 is 19.1 Å². The van der Waals surface area contributed by atoms with Crippen LogP contribution < -0.4 is 0 Å². The molecule has 1 rings (SSSR count). The monoisotopic (exact) mass is 334 g/mol. The van der Waals surface area contributed by atoms with Crippen molar-refractivity contribution in [1.29, 1.82) is 0 Å². The van der Waals surface area contributed by atoms with E-state index in [-0.39, 0.29) is 11.9 Å². The summed E-state index contributed by atoms with van der Waals surface area (Å²) in [5.41, 5.74) is 0. The van der Waals surface area contributed by atoms with Gasteiger partial charge in [-0.3, -0.25) is 9.59 Å². The average Bonchev–Trinajstić information content (AvgIpc) is 2.61. The maximum absolute atomic E-state index is 12.3. The summed E-state index contributed by atoms with van der Waals surface area (Å²) in [6.07, 6.45) is 16.4. The number of carbonyl (C=O) groups is 2. The molecule has 0 spiro atoms. The zero-order valence-electron chi connectivity index (χ0n) is 14.9. The van der Waals surface area contributed by atoms with Gasteiger partial charge < -0.3 is 9.47 Å². The number of hydrogen-bond donors (Lipinski definition) is 0. The van der Waals surface area contributed by atoms with E-state index in [9.17, 15) is 9.59 Å². The molecule has 4 nitrogen and oxygen atoms in total. The number of rotatable bonds is 10. The maximum Gasteiger partial charge on any atom is 0.310 e. The van der Waals surface area contributed by atoms with E-state index in [1.807, 2.05) is 50.3 Å². The molecule has 0 aromatic rings. The number of unbranched alkanes of at least 4 members (excludes halogenated alkanes) is 2. The Morgan fingerprint density at radius 2 is 1.29 bits per heavy atom. The Hall–Kier alpha value is -1.84. The van der Waals surface area contributed by atoms with Crippen LogP contribution in [0.25, 0.3) is 0 Å². The molecule has 0 aliphatic heterocycles. The first-order valence-corrected chi connectivity index (χ1v) is 8.91. The Kier molecular flexibility index (Phi) is 10.6. The second-order valence-corrected chi connectivity index (χ2v) is 5.91. The van der Waals surface area contributed by atoms with Crippen LogP contribution in [0, 0.1) is 11.8 Å². The number of allylic oxidation sites excluding steroid dienone is 6. The molecule has 0 amide bonds. The quantitative estimate of drug-likeness (QED) is 0.338. The summed E-state index contributed by atoms with van der Waals surface area (Å²) in [6.45, 7) is 4.73. The molecule has 2 unspecified atom stereocenters. The lowest BCUT2D eigenvalue weighted by molar-refractivity contribution is -0.161. The van der Waals surface area contributed by atoms with E-state index in [1.165, 1.54) is 0 Å². The lowest BCUT2D eigenvalue weighted by Crippen LogP contribution is -2.34. The van der Waals surface area contributed by atoms with E-state index in [0.717, 1.165) is 25.7 Å². The van der Waals surface area contributed by atoms with Gasteiger partial charge >= 0.3 is 11.9 Å². The molecule has 0 aromatic carbocycles. The van der Waals surface area contributed by atoms with E-state index < -0.39 is 11.8 Å². The van der Waals surface area contributed by atoms with Crippen molar-refractivity contribution in [2.45, 2.75) is 52.4 Å². The smallest absolute Gasteiger partial charge is 0.310 e. The van der Waals surface area contributed by atoms with Gasteiger partial charge in [-0.25, -0.2) is 0 Å². The highest BCUT2D eigenvalue weighted by Gasteiger charge is 2.36. The standard InChI is InChI=1S/C20H30O4/c1-3-5-7-11-15-23-19(21)17-13-9-10-14-18(17)20(22)24-16-12-8-6-4-2/h3-6,9-10,17-18H,7-8,11-16H2,1-2H3/b5-3+,6-4+. The molecule has 0 bridgehead atoms. The predicted molar refractivity (Wildman–Crippen MR) is 95.4 cm³/mol. The van der Waals surface area contributed by atoms with Crippen molar-refractivity contribution in [3.63, 3.8) is 0 Å². The highest BCUT2D eigenvalue weighted by molar-refractivity contribution is 5.82. The van der Waals surface area contributed by atoms with E-state index in [2.05, 4.69) is 0 Å². The van der Waals surface area contributed by atoms with E-state index in [4.69, 9.17) is 9.47 Å². The van der Waals surface area contributed by atoms with Crippen molar-refractivity contribution >= 4 is 11.9 Å². The molecule has 1 aliphatic carbocycles. The van der Waals surface area contributed by atoms with Crippen LogP contribution in [0.5, 0.6) is 0 Å². The molecule has 1 aliphatic rings. The third kappa shape index (κ3) is 7.62. The first-order valence-electron chi connectivity index (χ1n) is 8.91. The van der Waals surface area contributed by atoms with Crippen LogP contribution in [0.4, 0.5) is 0 Å². The van der Waals surface area contributed by atoms with Crippen molar-refractivity contribution in [3.8, 4) is 0 Å². The second kappa shape index (κ2) is 12.6. The minimum atomic E-state index is -0.417. The first-order chi connectivity index (χ1) is 11.7. The molecule has 0 radical (unpaired) electrons. The van der Waals surface area contributed by atoms with Gasteiger partial charge in [0.2, 0.25) is 0 Å². The first kappa shape index (κ1) is 20.2. The van der Waals surface area contributed by atoms with Gasteiger partial charge in [0.05, 0.1) is 25.0 Å². The molecule has 0 aromatic heterocycles. The van der Waals surface area contributed by atoms with Gasteiger partial charge in [0.25, 0.3) is 0 Å². The summed E-state index contributed by atoms with van der Waals surface area (Å²) in [6, 6.07) is 0.